The number of ether oxygens (including phenoxy) is 1. The van der Waals surface area contributed by atoms with Crippen LogP contribution in [0.1, 0.15) is 26.2 Å². The van der Waals surface area contributed by atoms with Gasteiger partial charge in [0.2, 0.25) is 0 Å². The number of carbonyl (C=O) groups is 1. The second-order valence-electron chi connectivity index (χ2n) is 5.23. The topological polar surface area (TPSA) is 55.6 Å². The number of likely N-dealkylation sites (tertiary alicyclic amines) is 1. The molecule has 1 aromatic rings. The van der Waals surface area contributed by atoms with Gasteiger partial charge < -0.3 is 15.4 Å². The fraction of sp³-hybridized carbons (Fsp3) is 0.533. The van der Waals surface area contributed by atoms with Crippen LogP contribution >= 0.6 is 35.6 Å². The van der Waals surface area contributed by atoms with E-state index in [2.05, 4.69) is 0 Å². The van der Waals surface area contributed by atoms with Crippen molar-refractivity contribution in [3.63, 3.8) is 0 Å². The largest absolute Gasteiger partial charge is 0.479 e. The molecule has 1 aliphatic rings. The molecule has 124 valence electrons. The lowest BCUT2D eigenvalue weighted by atomic mass is 10.0. The summed E-state index contributed by atoms with van der Waals surface area (Å²) in [5.74, 6) is 0.368. The molecule has 1 fully saturated rings. The molecule has 7 heteroatoms. The Morgan fingerprint density at radius 2 is 2.18 bits per heavy atom. The molecule has 0 aromatic heterocycles. The minimum atomic E-state index is -0.617. The molecule has 2 N–H and O–H groups in total. The van der Waals surface area contributed by atoms with Crippen LogP contribution in [0, 0.1) is 0 Å². The fourth-order valence-electron chi connectivity index (χ4n) is 2.59. The molecular formula is C15H21Cl3N2O2. The normalized spacial score (nSPS) is 19.3. The fourth-order valence-corrected chi connectivity index (χ4v) is 2.92. The molecule has 1 heterocycles. The minimum Gasteiger partial charge on any atom is -0.479 e. The molecular weight excluding hydrogens is 347 g/mol. The second-order valence-corrected chi connectivity index (χ2v) is 6.01. The lowest BCUT2D eigenvalue weighted by Gasteiger charge is -2.36. The van der Waals surface area contributed by atoms with E-state index in [1.165, 1.54) is 0 Å². The molecule has 1 aliphatic heterocycles. The van der Waals surface area contributed by atoms with Crippen molar-refractivity contribution in [2.24, 2.45) is 5.73 Å². The van der Waals surface area contributed by atoms with Crippen molar-refractivity contribution < 1.29 is 9.53 Å². The van der Waals surface area contributed by atoms with E-state index in [0.29, 0.717) is 22.3 Å². The molecule has 2 unspecified atom stereocenters. The number of piperidine rings is 1. The Labute approximate surface area is 147 Å². The van der Waals surface area contributed by atoms with Crippen LogP contribution in [0.3, 0.4) is 0 Å². The summed E-state index contributed by atoms with van der Waals surface area (Å²) in [6.45, 7) is 2.94. The third-order valence-corrected chi connectivity index (χ3v) is 4.55. The number of nitrogens with zero attached hydrogens (tertiary/aromatic N) is 1. The highest BCUT2D eigenvalue weighted by atomic mass is 35.5. The number of benzene rings is 1. The van der Waals surface area contributed by atoms with Crippen LogP contribution in [0.5, 0.6) is 5.75 Å². The molecule has 0 saturated carbocycles. The zero-order valence-corrected chi connectivity index (χ0v) is 14.8. The van der Waals surface area contributed by atoms with Crippen molar-refractivity contribution in [3.8, 4) is 5.75 Å². The summed E-state index contributed by atoms with van der Waals surface area (Å²) in [6, 6.07) is 5.23. The molecule has 0 radical (unpaired) electrons. The van der Waals surface area contributed by atoms with Crippen LogP contribution in [0.2, 0.25) is 10.0 Å². The van der Waals surface area contributed by atoms with Crippen molar-refractivity contribution in [1.82, 2.24) is 4.90 Å². The van der Waals surface area contributed by atoms with Gasteiger partial charge in [-0.1, -0.05) is 29.3 Å². The van der Waals surface area contributed by atoms with Gasteiger partial charge in [-0.15, -0.1) is 12.4 Å². The average Bonchev–Trinajstić information content (AvgIpc) is 2.51. The SMILES string of the molecule is CC(Oc1cccc(Cl)c1Cl)C(=O)N1CCCCC1CN.Cl. The quantitative estimate of drug-likeness (QED) is 0.886. The van der Waals surface area contributed by atoms with E-state index in [4.69, 9.17) is 33.7 Å². The van der Waals surface area contributed by atoms with Gasteiger partial charge in [0.25, 0.3) is 5.91 Å². The van der Waals surface area contributed by atoms with Crippen molar-refractivity contribution in [1.29, 1.82) is 0 Å². The van der Waals surface area contributed by atoms with Crippen molar-refractivity contribution >= 4 is 41.5 Å². The van der Waals surface area contributed by atoms with Crippen LogP contribution in [-0.2, 0) is 4.79 Å². The first-order valence-electron chi connectivity index (χ1n) is 7.15. The third-order valence-electron chi connectivity index (χ3n) is 3.75. The molecule has 0 bridgehead atoms. The highest BCUT2D eigenvalue weighted by molar-refractivity contribution is 6.42. The van der Waals surface area contributed by atoms with Gasteiger partial charge in [0.05, 0.1) is 5.02 Å². The number of nitrogens with two attached hydrogens (primary N) is 1. The Balaban J connectivity index is 0.00000242. The summed E-state index contributed by atoms with van der Waals surface area (Å²) >= 11 is 12.0. The van der Waals surface area contributed by atoms with Crippen LogP contribution in [0.4, 0.5) is 0 Å². The van der Waals surface area contributed by atoms with Gasteiger partial charge in [-0.3, -0.25) is 4.79 Å². The first-order valence-corrected chi connectivity index (χ1v) is 7.91. The van der Waals surface area contributed by atoms with Gasteiger partial charge in [0.1, 0.15) is 10.8 Å². The predicted octanol–water partition coefficient (Wildman–Crippen LogP) is 3.52. The van der Waals surface area contributed by atoms with Gasteiger partial charge in [-0.25, -0.2) is 0 Å². The molecule has 22 heavy (non-hydrogen) atoms. The van der Waals surface area contributed by atoms with Crippen LogP contribution in [0.15, 0.2) is 18.2 Å². The Kier molecular flexibility index (Phi) is 7.77. The number of hydrogen-bond acceptors (Lipinski definition) is 3. The molecule has 2 rings (SSSR count). The van der Waals surface area contributed by atoms with E-state index in [9.17, 15) is 4.79 Å². The number of halogens is 3. The maximum absolute atomic E-state index is 12.5. The van der Waals surface area contributed by atoms with E-state index in [1.807, 2.05) is 4.90 Å². The first-order chi connectivity index (χ1) is 10.0. The molecule has 4 nitrogen and oxygen atoms in total. The molecule has 1 aromatic carbocycles. The molecule has 1 saturated heterocycles. The summed E-state index contributed by atoms with van der Waals surface area (Å²) in [6.07, 6.45) is 2.45. The summed E-state index contributed by atoms with van der Waals surface area (Å²) in [7, 11) is 0. The molecule has 0 spiro atoms. The Hall–Kier alpha value is -0.680. The van der Waals surface area contributed by atoms with Gasteiger partial charge in [0, 0.05) is 19.1 Å². The summed E-state index contributed by atoms with van der Waals surface area (Å²) in [4.78, 5) is 14.4. The Morgan fingerprint density at radius 1 is 1.45 bits per heavy atom. The molecule has 2 atom stereocenters. The van der Waals surface area contributed by atoms with Gasteiger partial charge in [-0.05, 0) is 38.3 Å². The lowest BCUT2D eigenvalue weighted by Crippen LogP contribution is -2.51. The molecule has 0 aliphatic carbocycles. The first kappa shape index (κ1) is 19.4. The summed E-state index contributed by atoms with van der Waals surface area (Å²) in [5.41, 5.74) is 5.75. The van der Waals surface area contributed by atoms with Gasteiger partial charge >= 0.3 is 0 Å². The molecule has 1 amide bonds. The third kappa shape index (κ3) is 4.42. The Bertz CT molecular complexity index is 514. The highest BCUT2D eigenvalue weighted by Crippen LogP contribution is 2.32. The number of carbonyl (C=O) groups excluding carboxylic acids is 1. The predicted molar refractivity (Wildman–Crippen MR) is 92.2 cm³/mol. The monoisotopic (exact) mass is 366 g/mol. The minimum absolute atomic E-state index is 0. The van der Waals surface area contributed by atoms with E-state index < -0.39 is 6.10 Å². The van der Waals surface area contributed by atoms with E-state index in [1.54, 1.807) is 25.1 Å². The van der Waals surface area contributed by atoms with E-state index in [-0.39, 0.29) is 24.4 Å². The van der Waals surface area contributed by atoms with Crippen LogP contribution in [-0.4, -0.2) is 36.0 Å². The Morgan fingerprint density at radius 3 is 2.86 bits per heavy atom. The smallest absolute Gasteiger partial charge is 0.263 e. The maximum atomic E-state index is 12.5. The second kappa shape index (κ2) is 8.82. The maximum Gasteiger partial charge on any atom is 0.263 e. The summed E-state index contributed by atoms with van der Waals surface area (Å²) in [5, 5.41) is 0.736. The van der Waals surface area contributed by atoms with E-state index in [0.717, 1.165) is 25.8 Å². The van der Waals surface area contributed by atoms with Gasteiger partial charge in [0.15, 0.2) is 6.10 Å². The van der Waals surface area contributed by atoms with E-state index >= 15 is 0 Å². The standard InChI is InChI=1S/C15H20Cl2N2O2.ClH/c1-10(21-13-7-4-6-12(16)14(13)17)15(20)19-8-3-2-5-11(19)9-18;/h4,6-7,10-11H,2-3,5,8-9,18H2,1H3;1H. The average molecular weight is 368 g/mol. The summed E-state index contributed by atoms with van der Waals surface area (Å²) < 4.78 is 5.69. The lowest BCUT2D eigenvalue weighted by molar-refractivity contribution is -0.141. The van der Waals surface area contributed by atoms with Crippen molar-refractivity contribution in [2.75, 3.05) is 13.1 Å². The number of hydrogen-bond donors (Lipinski definition) is 1. The zero-order valence-electron chi connectivity index (χ0n) is 12.4. The number of rotatable bonds is 4. The van der Waals surface area contributed by atoms with Crippen molar-refractivity contribution in [2.45, 2.75) is 38.3 Å². The van der Waals surface area contributed by atoms with Crippen LogP contribution < -0.4 is 10.5 Å². The van der Waals surface area contributed by atoms with Crippen molar-refractivity contribution in [3.05, 3.63) is 28.2 Å². The highest BCUT2D eigenvalue weighted by Gasteiger charge is 2.30. The van der Waals surface area contributed by atoms with Crippen LogP contribution in [0.25, 0.3) is 0 Å². The van der Waals surface area contributed by atoms with Gasteiger partial charge in [-0.2, -0.15) is 0 Å². The number of amides is 1. The zero-order chi connectivity index (χ0) is 15.4.